The van der Waals surface area contributed by atoms with Crippen molar-refractivity contribution in [2.45, 2.75) is 205 Å². The summed E-state index contributed by atoms with van der Waals surface area (Å²) in [6.07, 6.45) is 35.3. The number of carboxylic acid groups (broad SMARTS) is 4. The van der Waals surface area contributed by atoms with Crippen molar-refractivity contribution in [1.82, 2.24) is 0 Å². The Hall–Kier alpha value is -1.43. The molecule has 0 radical (unpaired) electrons. The summed E-state index contributed by atoms with van der Waals surface area (Å²) < 4.78 is 0. The summed E-state index contributed by atoms with van der Waals surface area (Å²) >= 11 is 0. The van der Waals surface area contributed by atoms with Crippen LogP contribution in [-0.4, -0.2) is 23.9 Å². The van der Waals surface area contributed by atoms with Crippen LogP contribution in [0.1, 0.15) is 205 Å². The van der Waals surface area contributed by atoms with Crippen LogP contribution in [0.5, 0.6) is 0 Å². The summed E-state index contributed by atoms with van der Waals surface area (Å²) in [6.45, 7) is 0. The molecule has 49 heavy (non-hydrogen) atoms. The van der Waals surface area contributed by atoms with E-state index in [1.165, 1.54) is 128 Å². The van der Waals surface area contributed by atoms with Gasteiger partial charge in [0, 0.05) is 23.9 Å². The first kappa shape index (κ1) is 47.6. The average Bonchev–Trinajstić information content (AvgIpc) is 3.07. The first-order valence-electron chi connectivity index (χ1n) is 19.9. The molecule has 9 heteroatoms. The van der Waals surface area contributed by atoms with E-state index in [4.69, 9.17) is 0 Å². The quantitative estimate of drug-likeness (QED) is 0.174. The van der Waals surface area contributed by atoms with E-state index in [1.54, 1.807) is 0 Å². The second-order valence-corrected chi connectivity index (χ2v) is 15.1. The molecule has 4 rings (SSSR count). The second kappa shape index (κ2) is 32.5. The largest absolute Gasteiger partial charge is 4.00 e. The van der Waals surface area contributed by atoms with Gasteiger partial charge >= 0.3 is 21.1 Å². The molecule has 4 fully saturated rings. The first-order valence-corrected chi connectivity index (χ1v) is 19.9. The van der Waals surface area contributed by atoms with Crippen LogP contribution in [0, 0.1) is 23.7 Å². The van der Waals surface area contributed by atoms with E-state index in [1.807, 2.05) is 0 Å². The zero-order valence-electron chi connectivity index (χ0n) is 30.6. The van der Waals surface area contributed by atoms with Crippen LogP contribution in [0.3, 0.4) is 0 Å². The molecule has 282 valence electrons. The minimum atomic E-state index is -0.897. The average molecular weight is 773 g/mol. The number of rotatable bonds is 16. The van der Waals surface area contributed by atoms with Gasteiger partial charge < -0.3 is 39.6 Å². The van der Waals surface area contributed by atoms with Crippen molar-refractivity contribution in [2.75, 3.05) is 0 Å². The van der Waals surface area contributed by atoms with E-state index in [0.29, 0.717) is 0 Å². The maximum atomic E-state index is 10.1. The van der Waals surface area contributed by atoms with Gasteiger partial charge in [0.1, 0.15) is 0 Å². The molecule has 4 aliphatic carbocycles. The fourth-order valence-electron chi connectivity index (χ4n) is 8.04. The number of aliphatic carboxylic acids is 4. The Labute approximate surface area is 312 Å². The summed E-state index contributed by atoms with van der Waals surface area (Å²) in [5.41, 5.74) is 0. The van der Waals surface area contributed by atoms with Crippen LogP contribution in [0.25, 0.3) is 0 Å². The van der Waals surface area contributed by atoms with Gasteiger partial charge in [0.15, 0.2) is 0 Å². The summed E-state index contributed by atoms with van der Waals surface area (Å²) in [7, 11) is 0. The Morgan fingerprint density at radius 3 is 0.633 bits per heavy atom. The molecule has 0 unspecified atom stereocenters. The molecular weight excluding hydrogens is 704 g/mol. The summed E-state index contributed by atoms with van der Waals surface area (Å²) in [5, 5.41) is 40.5. The van der Waals surface area contributed by atoms with Gasteiger partial charge in [-0.3, -0.25) is 0 Å². The minimum Gasteiger partial charge on any atom is -0.550 e. The van der Waals surface area contributed by atoms with Crippen LogP contribution in [0.2, 0.25) is 0 Å². The third-order valence-electron chi connectivity index (χ3n) is 10.9. The Morgan fingerprint density at radius 2 is 0.490 bits per heavy atom. The molecule has 0 aromatic carbocycles. The summed E-state index contributed by atoms with van der Waals surface area (Å²) in [5.74, 6) is -0.374. The van der Waals surface area contributed by atoms with Crippen LogP contribution in [0.15, 0.2) is 0 Å². The molecule has 0 aliphatic heterocycles. The van der Waals surface area contributed by atoms with Crippen molar-refractivity contribution in [3.8, 4) is 0 Å². The molecule has 0 aromatic heterocycles. The van der Waals surface area contributed by atoms with Crippen LogP contribution in [0.4, 0.5) is 0 Å². The minimum absolute atomic E-state index is 0. The van der Waals surface area contributed by atoms with Crippen molar-refractivity contribution in [3.63, 3.8) is 0 Å². The van der Waals surface area contributed by atoms with E-state index in [-0.39, 0.29) is 46.7 Å². The molecule has 0 saturated heterocycles. The first-order chi connectivity index (χ1) is 23.2. The van der Waals surface area contributed by atoms with E-state index in [2.05, 4.69) is 0 Å². The smallest absolute Gasteiger partial charge is 0.550 e. The van der Waals surface area contributed by atoms with Crippen molar-refractivity contribution in [2.24, 2.45) is 23.7 Å². The molecular formula is C40H68MoO8. The molecule has 4 aliphatic rings. The number of carbonyl (C=O) groups is 4. The molecule has 0 amide bonds. The summed E-state index contributed by atoms with van der Waals surface area (Å²) in [6, 6.07) is 0. The zero-order chi connectivity index (χ0) is 35.2. The topological polar surface area (TPSA) is 161 Å². The third kappa shape index (κ3) is 31.1. The molecule has 0 aromatic rings. The van der Waals surface area contributed by atoms with Crippen molar-refractivity contribution in [1.29, 1.82) is 0 Å². The number of hydrogen-bond acceptors (Lipinski definition) is 8. The van der Waals surface area contributed by atoms with E-state index in [9.17, 15) is 39.6 Å². The molecule has 0 bridgehead atoms. The van der Waals surface area contributed by atoms with E-state index in [0.717, 1.165) is 75.0 Å². The van der Waals surface area contributed by atoms with Crippen molar-refractivity contribution in [3.05, 3.63) is 0 Å². The Morgan fingerprint density at radius 1 is 0.327 bits per heavy atom. The van der Waals surface area contributed by atoms with Crippen LogP contribution < -0.4 is 20.4 Å². The molecule has 4 saturated carbocycles. The Balaban J connectivity index is 0.000000623. The molecule has 0 N–H and O–H groups in total. The SMILES string of the molecule is O=C([O-])CCCC1CCCCC1.O=C([O-])CCCC1CCCCC1.O=C([O-])CCCC1CCCCC1.O=C([O-])CCCC1CCCCC1.[Mo+4]. The molecule has 0 spiro atoms. The van der Waals surface area contributed by atoms with Gasteiger partial charge in [-0.15, -0.1) is 0 Å². The Kier molecular flexibility index (Phi) is 31.5. The molecule has 0 atom stereocenters. The number of carbonyl (C=O) groups excluding carboxylic acids is 4. The third-order valence-corrected chi connectivity index (χ3v) is 10.9. The molecule has 8 nitrogen and oxygen atoms in total. The maximum Gasteiger partial charge on any atom is 4.00 e. The van der Waals surface area contributed by atoms with Crippen LogP contribution >= 0.6 is 0 Å². The molecule has 0 heterocycles. The van der Waals surface area contributed by atoms with Gasteiger partial charge in [0.05, 0.1) is 0 Å². The predicted octanol–water partition coefficient (Wildman–Crippen LogP) is 5.95. The van der Waals surface area contributed by atoms with Gasteiger partial charge in [-0.05, 0) is 75.0 Å². The maximum absolute atomic E-state index is 10.1. The monoisotopic (exact) mass is 774 g/mol. The van der Waals surface area contributed by atoms with Gasteiger partial charge in [0.25, 0.3) is 0 Å². The van der Waals surface area contributed by atoms with Gasteiger partial charge in [-0.1, -0.05) is 154 Å². The van der Waals surface area contributed by atoms with E-state index >= 15 is 0 Å². The fourth-order valence-corrected chi connectivity index (χ4v) is 8.04. The fraction of sp³-hybridized carbons (Fsp3) is 0.900. The summed E-state index contributed by atoms with van der Waals surface area (Å²) in [4.78, 5) is 40.5. The van der Waals surface area contributed by atoms with Crippen LogP contribution in [-0.2, 0) is 40.2 Å². The van der Waals surface area contributed by atoms with Gasteiger partial charge in [-0.2, -0.15) is 0 Å². The van der Waals surface area contributed by atoms with Gasteiger partial charge in [-0.25, -0.2) is 0 Å². The van der Waals surface area contributed by atoms with Crippen molar-refractivity contribution >= 4 is 23.9 Å². The normalized spacial score (nSPS) is 18.9. The second-order valence-electron chi connectivity index (χ2n) is 15.1. The van der Waals surface area contributed by atoms with E-state index < -0.39 is 23.9 Å². The zero-order valence-corrected chi connectivity index (χ0v) is 32.6. The van der Waals surface area contributed by atoms with Gasteiger partial charge in [0.2, 0.25) is 0 Å². The standard InChI is InChI=1S/4C10H18O2.Mo/c4*11-10(12)8-4-7-9-5-2-1-3-6-9;/h4*9H,1-8H2,(H,11,12);/q;;;;+4/p-4. The van der Waals surface area contributed by atoms with Crippen molar-refractivity contribution < 1.29 is 60.7 Å². The number of hydrogen-bond donors (Lipinski definition) is 0. The number of carboxylic acids is 4. The predicted molar refractivity (Wildman–Crippen MR) is 182 cm³/mol. The Bertz CT molecular complexity index is 690.